The highest BCUT2D eigenvalue weighted by Crippen LogP contribution is 2.18. The van der Waals surface area contributed by atoms with Gasteiger partial charge >= 0.3 is 0 Å². The topological polar surface area (TPSA) is 55.6 Å². The van der Waals surface area contributed by atoms with E-state index in [0.29, 0.717) is 5.95 Å². The van der Waals surface area contributed by atoms with Gasteiger partial charge in [0, 0.05) is 24.6 Å². The highest BCUT2D eigenvalue weighted by molar-refractivity contribution is 5.14. The maximum absolute atomic E-state index is 4.26. The molecule has 5 heteroatoms. The van der Waals surface area contributed by atoms with Crippen LogP contribution in [0.15, 0.2) is 30.9 Å². The van der Waals surface area contributed by atoms with Crippen molar-refractivity contribution in [2.45, 2.75) is 25.3 Å². The zero-order valence-electron chi connectivity index (χ0n) is 9.58. The fourth-order valence-electron chi connectivity index (χ4n) is 1.72. The summed E-state index contributed by atoms with van der Waals surface area (Å²) in [7, 11) is 0. The summed E-state index contributed by atoms with van der Waals surface area (Å²) in [6, 6.07) is 2.57. The molecule has 1 fully saturated rings. The van der Waals surface area contributed by atoms with Gasteiger partial charge in [-0.1, -0.05) is 0 Å². The van der Waals surface area contributed by atoms with E-state index in [1.165, 1.54) is 18.4 Å². The normalized spacial score (nSPS) is 15.1. The molecule has 0 amide bonds. The fraction of sp³-hybridized carbons (Fsp3) is 0.417. The first-order valence-electron chi connectivity index (χ1n) is 5.96. The lowest BCUT2D eigenvalue weighted by molar-refractivity contribution is 0.682. The molecule has 1 aliphatic rings. The van der Waals surface area contributed by atoms with Gasteiger partial charge in [-0.2, -0.15) is 5.10 Å². The molecule has 1 aliphatic carbocycles. The smallest absolute Gasteiger partial charge is 0.250 e. The van der Waals surface area contributed by atoms with Gasteiger partial charge in [-0.3, -0.25) is 0 Å². The van der Waals surface area contributed by atoms with Crippen LogP contribution in [0.4, 0.5) is 0 Å². The summed E-state index contributed by atoms with van der Waals surface area (Å²) in [4.78, 5) is 8.31. The van der Waals surface area contributed by atoms with Crippen LogP contribution in [0.3, 0.4) is 0 Å². The minimum Gasteiger partial charge on any atom is -0.314 e. The van der Waals surface area contributed by atoms with Crippen molar-refractivity contribution in [2.24, 2.45) is 0 Å². The molecule has 1 N–H and O–H groups in total. The Labute approximate surface area is 99.9 Å². The molecule has 5 nitrogen and oxygen atoms in total. The molecule has 3 rings (SSSR count). The molecule has 0 unspecified atom stereocenters. The monoisotopic (exact) mass is 229 g/mol. The van der Waals surface area contributed by atoms with E-state index < -0.39 is 0 Å². The van der Waals surface area contributed by atoms with Crippen molar-refractivity contribution in [2.75, 3.05) is 6.54 Å². The Kier molecular flexibility index (Phi) is 2.83. The van der Waals surface area contributed by atoms with Crippen LogP contribution < -0.4 is 5.32 Å². The van der Waals surface area contributed by atoms with Crippen molar-refractivity contribution in [3.8, 4) is 5.95 Å². The van der Waals surface area contributed by atoms with Crippen LogP contribution in [0.5, 0.6) is 0 Å². The second-order valence-corrected chi connectivity index (χ2v) is 4.32. The second kappa shape index (κ2) is 4.63. The van der Waals surface area contributed by atoms with E-state index in [1.54, 1.807) is 23.1 Å². The van der Waals surface area contributed by atoms with Gasteiger partial charge in [-0.15, -0.1) is 0 Å². The predicted octanol–water partition coefficient (Wildman–Crippen LogP) is 0.957. The van der Waals surface area contributed by atoms with Gasteiger partial charge in [0.25, 0.3) is 0 Å². The van der Waals surface area contributed by atoms with E-state index in [1.807, 2.05) is 12.4 Å². The van der Waals surface area contributed by atoms with Crippen molar-refractivity contribution in [3.05, 3.63) is 36.4 Å². The van der Waals surface area contributed by atoms with Gasteiger partial charge in [0.1, 0.15) is 0 Å². The average Bonchev–Trinajstić information content (AvgIpc) is 3.07. The molecule has 0 aromatic carbocycles. The highest BCUT2D eigenvalue weighted by atomic mass is 15.3. The maximum Gasteiger partial charge on any atom is 0.250 e. The number of hydrogen-bond donors (Lipinski definition) is 1. The number of rotatable bonds is 5. The van der Waals surface area contributed by atoms with Gasteiger partial charge in [0.15, 0.2) is 0 Å². The van der Waals surface area contributed by atoms with Crippen LogP contribution >= 0.6 is 0 Å². The summed E-state index contributed by atoms with van der Waals surface area (Å²) < 4.78 is 1.71. The summed E-state index contributed by atoms with van der Waals surface area (Å²) in [5.74, 6) is 0.619. The van der Waals surface area contributed by atoms with Crippen LogP contribution in [0.25, 0.3) is 5.95 Å². The molecular formula is C12H15N5. The Bertz CT molecular complexity index is 475. The number of nitrogens with one attached hydrogen (secondary N) is 1. The van der Waals surface area contributed by atoms with Gasteiger partial charge in [-0.25, -0.2) is 14.6 Å². The molecule has 1 saturated carbocycles. The van der Waals surface area contributed by atoms with Gasteiger partial charge in [-0.05, 0) is 37.4 Å². The molecule has 2 heterocycles. The molecular weight excluding hydrogens is 214 g/mol. The van der Waals surface area contributed by atoms with Crippen molar-refractivity contribution >= 4 is 0 Å². The number of nitrogens with zero attached hydrogens (tertiary/aromatic N) is 4. The summed E-state index contributed by atoms with van der Waals surface area (Å²) in [5.41, 5.74) is 1.21. The van der Waals surface area contributed by atoms with Crippen LogP contribution in [0.2, 0.25) is 0 Å². The van der Waals surface area contributed by atoms with Gasteiger partial charge in [0.2, 0.25) is 5.95 Å². The lowest BCUT2D eigenvalue weighted by Gasteiger charge is -1.99. The predicted molar refractivity (Wildman–Crippen MR) is 63.9 cm³/mol. The number of aromatic nitrogens is 4. The van der Waals surface area contributed by atoms with Crippen LogP contribution in [0, 0.1) is 0 Å². The molecule has 0 bridgehead atoms. The third-order valence-electron chi connectivity index (χ3n) is 2.82. The molecule has 0 radical (unpaired) electrons. The Morgan fingerprint density at radius 1 is 1.29 bits per heavy atom. The van der Waals surface area contributed by atoms with Gasteiger partial charge in [0.05, 0.1) is 6.20 Å². The molecule has 0 aliphatic heterocycles. The highest BCUT2D eigenvalue weighted by Gasteiger charge is 2.19. The first kappa shape index (κ1) is 10.4. The first-order valence-corrected chi connectivity index (χ1v) is 5.96. The van der Waals surface area contributed by atoms with E-state index in [4.69, 9.17) is 0 Å². The minimum absolute atomic E-state index is 0.619. The molecule has 17 heavy (non-hydrogen) atoms. The largest absolute Gasteiger partial charge is 0.314 e. The second-order valence-electron chi connectivity index (χ2n) is 4.32. The maximum atomic E-state index is 4.26. The molecule has 2 aromatic rings. The third-order valence-corrected chi connectivity index (χ3v) is 2.82. The van der Waals surface area contributed by atoms with Crippen LogP contribution in [-0.2, 0) is 6.42 Å². The lowest BCUT2D eigenvalue weighted by Crippen LogP contribution is -2.18. The summed E-state index contributed by atoms with van der Waals surface area (Å²) >= 11 is 0. The third kappa shape index (κ3) is 2.68. The molecule has 0 saturated heterocycles. The standard InChI is InChI=1S/C12H15N5/c1-5-14-12(15-6-1)17-9-10(8-16-17)4-7-13-11-2-3-11/h1,5-6,8-9,11,13H,2-4,7H2. The molecule has 88 valence electrons. The van der Waals surface area contributed by atoms with E-state index >= 15 is 0 Å². The molecule has 2 aromatic heterocycles. The van der Waals surface area contributed by atoms with Crippen molar-refractivity contribution in [1.29, 1.82) is 0 Å². The van der Waals surface area contributed by atoms with Gasteiger partial charge < -0.3 is 5.32 Å². The van der Waals surface area contributed by atoms with E-state index in [9.17, 15) is 0 Å². The van der Waals surface area contributed by atoms with Crippen LogP contribution in [-0.4, -0.2) is 32.3 Å². The Hall–Kier alpha value is -1.75. The van der Waals surface area contributed by atoms with E-state index in [0.717, 1.165) is 19.0 Å². The quantitative estimate of drug-likeness (QED) is 0.829. The summed E-state index contributed by atoms with van der Waals surface area (Å²) in [6.45, 7) is 1.02. The van der Waals surface area contributed by atoms with E-state index in [2.05, 4.69) is 20.4 Å². The lowest BCUT2D eigenvalue weighted by atomic mass is 10.2. The first-order chi connectivity index (χ1) is 8.42. The summed E-state index contributed by atoms with van der Waals surface area (Å²) in [6.07, 6.45) is 11.0. The Morgan fingerprint density at radius 2 is 2.12 bits per heavy atom. The van der Waals surface area contributed by atoms with Crippen LogP contribution in [0.1, 0.15) is 18.4 Å². The van der Waals surface area contributed by atoms with E-state index in [-0.39, 0.29) is 0 Å². The minimum atomic E-state index is 0.619. The number of hydrogen-bond acceptors (Lipinski definition) is 4. The summed E-state index contributed by atoms with van der Waals surface area (Å²) in [5, 5.41) is 7.75. The Balaban J connectivity index is 1.61. The Morgan fingerprint density at radius 3 is 2.88 bits per heavy atom. The molecule has 0 atom stereocenters. The van der Waals surface area contributed by atoms with Crippen molar-refractivity contribution in [3.63, 3.8) is 0 Å². The SMILES string of the molecule is c1cnc(-n2cc(CCNC3CC3)cn2)nc1. The fourth-order valence-corrected chi connectivity index (χ4v) is 1.72. The average molecular weight is 229 g/mol. The van der Waals surface area contributed by atoms with Crippen molar-refractivity contribution in [1.82, 2.24) is 25.1 Å². The zero-order valence-corrected chi connectivity index (χ0v) is 9.58. The zero-order chi connectivity index (χ0) is 11.5. The van der Waals surface area contributed by atoms with Crippen molar-refractivity contribution < 1.29 is 0 Å². The molecule has 0 spiro atoms.